The largest absolute Gasteiger partial charge is 0.481 e. The number of benzene rings is 1. The molecule has 6 nitrogen and oxygen atoms in total. The van der Waals surface area contributed by atoms with E-state index in [0.29, 0.717) is 12.8 Å². The zero-order valence-electron chi connectivity index (χ0n) is 21.4. The average molecular weight is 461 g/mol. The third-order valence-corrected chi connectivity index (χ3v) is 7.85. The number of hydrogen-bond acceptors (Lipinski definition) is 4. The first-order valence-corrected chi connectivity index (χ1v) is 12.6. The molecule has 5 atom stereocenters. The number of hydrogen-bond donors (Lipinski definition) is 2. The Hall–Kier alpha value is -1.92. The SMILES string of the molecule is CCC1(C)CC(NC(=O)CCCCCC(=O)O)C(C)C(C)(CC)N1OC(C)c1ccccc1. The third kappa shape index (κ3) is 6.80. The van der Waals surface area contributed by atoms with Gasteiger partial charge in [-0.05, 0) is 64.4 Å². The summed E-state index contributed by atoms with van der Waals surface area (Å²) in [6, 6.07) is 10.4. The number of piperidine rings is 1. The number of rotatable bonds is 12. The van der Waals surface area contributed by atoms with E-state index in [0.717, 1.165) is 37.7 Å². The highest BCUT2D eigenvalue weighted by Gasteiger charge is 2.54. The second-order valence-electron chi connectivity index (χ2n) is 10.1. The van der Waals surface area contributed by atoms with Crippen LogP contribution in [-0.2, 0) is 14.4 Å². The first-order chi connectivity index (χ1) is 15.6. The lowest BCUT2D eigenvalue weighted by atomic mass is 9.68. The number of carboxylic acid groups (broad SMARTS) is 1. The molecule has 186 valence electrons. The van der Waals surface area contributed by atoms with E-state index >= 15 is 0 Å². The van der Waals surface area contributed by atoms with E-state index in [1.807, 2.05) is 18.2 Å². The molecule has 2 N–H and O–H groups in total. The summed E-state index contributed by atoms with van der Waals surface area (Å²) in [5.74, 6) is -0.506. The summed E-state index contributed by atoms with van der Waals surface area (Å²) in [5, 5.41) is 14.3. The van der Waals surface area contributed by atoms with Crippen LogP contribution < -0.4 is 5.32 Å². The van der Waals surface area contributed by atoms with Crippen molar-refractivity contribution in [1.82, 2.24) is 10.4 Å². The molecule has 33 heavy (non-hydrogen) atoms. The third-order valence-electron chi connectivity index (χ3n) is 7.85. The molecule has 0 aliphatic carbocycles. The molecule has 0 aromatic heterocycles. The van der Waals surface area contributed by atoms with E-state index < -0.39 is 5.97 Å². The molecule has 0 bridgehead atoms. The van der Waals surface area contributed by atoms with E-state index in [1.165, 1.54) is 0 Å². The van der Waals surface area contributed by atoms with Gasteiger partial charge in [0.05, 0.1) is 0 Å². The van der Waals surface area contributed by atoms with Crippen LogP contribution in [0.3, 0.4) is 0 Å². The van der Waals surface area contributed by atoms with Gasteiger partial charge in [0.15, 0.2) is 0 Å². The van der Waals surface area contributed by atoms with Crippen molar-refractivity contribution < 1.29 is 19.5 Å². The van der Waals surface area contributed by atoms with Gasteiger partial charge in [-0.15, -0.1) is 0 Å². The zero-order valence-corrected chi connectivity index (χ0v) is 21.4. The van der Waals surface area contributed by atoms with E-state index in [9.17, 15) is 9.59 Å². The van der Waals surface area contributed by atoms with E-state index in [-0.39, 0.29) is 41.5 Å². The van der Waals surface area contributed by atoms with Gasteiger partial charge in [-0.1, -0.05) is 57.5 Å². The molecule has 0 saturated carbocycles. The molecule has 1 fully saturated rings. The maximum Gasteiger partial charge on any atom is 0.303 e. The number of hydroxylamine groups is 2. The molecule has 1 heterocycles. The Morgan fingerprint density at radius 3 is 2.33 bits per heavy atom. The number of aliphatic carboxylic acids is 1. The molecule has 2 rings (SSSR count). The molecule has 1 aromatic carbocycles. The highest BCUT2D eigenvalue weighted by Crippen LogP contribution is 2.47. The zero-order chi connectivity index (χ0) is 24.6. The number of carbonyl (C=O) groups excluding carboxylic acids is 1. The number of amides is 1. The first-order valence-electron chi connectivity index (χ1n) is 12.6. The van der Waals surface area contributed by atoms with Crippen molar-refractivity contribution >= 4 is 11.9 Å². The van der Waals surface area contributed by atoms with Crippen LogP contribution in [0.2, 0.25) is 0 Å². The van der Waals surface area contributed by atoms with Gasteiger partial charge in [-0.25, -0.2) is 0 Å². The van der Waals surface area contributed by atoms with Gasteiger partial charge in [0.2, 0.25) is 5.91 Å². The van der Waals surface area contributed by atoms with Gasteiger partial charge < -0.3 is 10.4 Å². The van der Waals surface area contributed by atoms with Crippen molar-refractivity contribution in [1.29, 1.82) is 0 Å². The molecule has 1 aromatic rings. The van der Waals surface area contributed by atoms with Crippen LogP contribution in [0.1, 0.15) is 105 Å². The summed E-state index contributed by atoms with van der Waals surface area (Å²) >= 11 is 0. The van der Waals surface area contributed by atoms with Crippen molar-refractivity contribution in [2.24, 2.45) is 5.92 Å². The number of carboxylic acids is 1. The van der Waals surface area contributed by atoms with Gasteiger partial charge in [0.25, 0.3) is 0 Å². The fourth-order valence-corrected chi connectivity index (χ4v) is 5.11. The second-order valence-corrected chi connectivity index (χ2v) is 10.1. The lowest BCUT2D eigenvalue weighted by Gasteiger charge is -2.60. The molecular weight excluding hydrogens is 416 g/mol. The number of nitrogens with zero attached hydrogens (tertiary/aromatic N) is 1. The molecule has 1 amide bonds. The van der Waals surface area contributed by atoms with Crippen molar-refractivity contribution in [3.05, 3.63) is 35.9 Å². The molecule has 0 radical (unpaired) electrons. The summed E-state index contributed by atoms with van der Waals surface area (Å²) in [6.45, 7) is 13.2. The summed E-state index contributed by atoms with van der Waals surface area (Å²) < 4.78 is 0. The van der Waals surface area contributed by atoms with Crippen LogP contribution in [0.25, 0.3) is 0 Å². The van der Waals surface area contributed by atoms with Crippen molar-refractivity contribution in [3.63, 3.8) is 0 Å². The Kier molecular flexibility index (Phi) is 9.92. The fourth-order valence-electron chi connectivity index (χ4n) is 5.11. The standard InChI is InChI=1S/C27H44N2O4/c1-7-26(5)19-23(28-24(30)17-13-10-14-18-25(31)32)20(3)27(6,8-2)29(26)33-21(4)22-15-11-9-12-16-22/h9,11-12,15-16,20-21,23H,7-8,10,13-14,17-19H2,1-6H3,(H,28,30)(H,31,32). The Morgan fingerprint density at radius 1 is 1.12 bits per heavy atom. The lowest BCUT2D eigenvalue weighted by Crippen LogP contribution is -2.70. The first kappa shape index (κ1) is 27.3. The van der Waals surface area contributed by atoms with E-state index in [1.54, 1.807) is 0 Å². The topological polar surface area (TPSA) is 78.9 Å². The van der Waals surface area contributed by atoms with Gasteiger partial charge >= 0.3 is 5.97 Å². The van der Waals surface area contributed by atoms with Crippen LogP contribution in [0, 0.1) is 5.92 Å². The lowest BCUT2D eigenvalue weighted by molar-refractivity contribution is -0.327. The highest BCUT2D eigenvalue weighted by molar-refractivity contribution is 5.76. The highest BCUT2D eigenvalue weighted by atomic mass is 16.7. The van der Waals surface area contributed by atoms with Crippen molar-refractivity contribution in [2.75, 3.05) is 0 Å². The maximum atomic E-state index is 12.7. The van der Waals surface area contributed by atoms with Gasteiger partial charge in [0, 0.05) is 30.0 Å². The molecule has 5 unspecified atom stereocenters. The monoisotopic (exact) mass is 460 g/mol. The Morgan fingerprint density at radius 2 is 1.76 bits per heavy atom. The van der Waals surface area contributed by atoms with Gasteiger partial charge in [-0.3, -0.25) is 14.4 Å². The van der Waals surface area contributed by atoms with Crippen LogP contribution in [0.5, 0.6) is 0 Å². The normalized spacial score (nSPS) is 28.9. The van der Waals surface area contributed by atoms with Gasteiger partial charge in [0.1, 0.15) is 6.10 Å². The van der Waals surface area contributed by atoms with Gasteiger partial charge in [-0.2, -0.15) is 5.06 Å². The van der Waals surface area contributed by atoms with Crippen molar-refractivity contribution in [3.8, 4) is 0 Å². The predicted octanol–water partition coefficient (Wildman–Crippen LogP) is 5.88. The van der Waals surface area contributed by atoms with Crippen LogP contribution >= 0.6 is 0 Å². The minimum absolute atomic E-state index is 0.0612. The maximum absolute atomic E-state index is 12.7. The molecule has 0 spiro atoms. The number of nitrogens with one attached hydrogen (secondary N) is 1. The van der Waals surface area contributed by atoms with Crippen LogP contribution in [-0.4, -0.2) is 39.2 Å². The quantitative estimate of drug-likeness (QED) is 0.381. The second kappa shape index (κ2) is 12.0. The predicted molar refractivity (Wildman–Crippen MR) is 132 cm³/mol. The molecule has 1 aliphatic heterocycles. The van der Waals surface area contributed by atoms with E-state index in [2.05, 4.69) is 64.1 Å². The molecule has 6 heteroatoms. The average Bonchev–Trinajstić information content (AvgIpc) is 2.80. The Labute approximate surface area is 200 Å². The number of unbranched alkanes of at least 4 members (excludes halogenated alkanes) is 2. The van der Waals surface area contributed by atoms with E-state index in [4.69, 9.17) is 9.94 Å². The molecule has 1 saturated heterocycles. The summed E-state index contributed by atoms with van der Waals surface area (Å²) in [7, 11) is 0. The minimum Gasteiger partial charge on any atom is -0.481 e. The minimum atomic E-state index is -0.776. The van der Waals surface area contributed by atoms with Crippen molar-refractivity contribution in [2.45, 2.75) is 116 Å². The molecule has 1 aliphatic rings. The molecular formula is C27H44N2O4. The number of carbonyl (C=O) groups is 2. The Balaban J connectivity index is 2.11. The smallest absolute Gasteiger partial charge is 0.303 e. The summed E-state index contributed by atoms with van der Waals surface area (Å²) in [4.78, 5) is 30.1. The summed E-state index contributed by atoms with van der Waals surface area (Å²) in [5.41, 5.74) is 0.714. The fraction of sp³-hybridized carbons (Fsp3) is 0.704. The van der Waals surface area contributed by atoms with Crippen LogP contribution in [0.4, 0.5) is 0 Å². The van der Waals surface area contributed by atoms with Crippen LogP contribution in [0.15, 0.2) is 30.3 Å². The summed E-state index contributed by atoms with van der Waals surface area (Å²) in [6.07, 6.45) is 5.31. The Bertz CT molecular complexity index is 771.